The maximum Gasteiger partial charge on any atom is 0.354 e. The maximum absolute atomic E-state index is 10.8. The Labute approximate surface area is 106 Å². The van der Waals surface area contributed by atoms with Crippen molar-refractivity contribution in [3.63, 3.8) is 0 Å². The van der Waals surface area contributed by atoms with Gasteiger partial charge in [0.25, 0.3) is 0 Å². The fourth-order valence-corrected chi connectivity index (χ4v) is 2.15. The van der Waals surface area contributed by atoms with Gasteiger partial charge in [-0.05, 0) is 32.9 Å². The summed E-state index contributed by atoms with van der Waals surface area (Å²) < 4.78 is 0. The van der Waals surface area contributed by atoms with Crippen molar-refractivity contribution in [1.29, 1.82) is 0 Å². The molecular weight excluding hydrogens is 232 g/mol. The Hall–Kier alpha value is -1.69. The normalized spacial score (nSPS) is 24.8. The number of likely N-dealkylation sites (tertiary alicyclic amines) is 1. The Morgan fingerprint density at radius 2 is 2.39 bits per heavy atom. The zero-order valence-electron chi connectivity index (χ0n) is 10.6. The van der Waals surface area contributed by atoms with E-state index in [0.29, 0.717) is 18.0 Å². The fourth-order valence-electron chi connectivity index (χ4n) is 2.15. The molecule has 0 aliphatic carbocycles. The summed E-state index contributed by atoms with van der Waals surface area (Å²) in [7, 11) is 2.11. The first-order chi connectivity index (χ1) is 8.56. The van der Waals surface area contributed by atoms with E-state index in [9.17, 15) is 4.79 Å². The molecule has 0 radical (unpaired) electrons. The Balaban J connectivity index is 2.01. The Morgan fingerprint density at radius 3 is 3.06 bits per heavy atom. The molecule has 2 rings (SSSR count). The lowest BCUT2D eigenvalue weighted by atomic mass is 9.99. The van der Waals surface area contributed by atoms with E-state index >= 15 is 0 Å². The van der Waals surface area contributed by atoms with Crippen LogP contribution >= 0.6 is 0 Å². The number of hydrogen-bond donors (Lipinski definition) is 2. The molecule has 1 aromatic heterocycles. The topological polar surface area (TPSA) is 78.3 Å². The second-order valence-electron chi connectivity index (χ2n) is 4.77. The van der Waals surface area contributed by atoms with E-state index in [1.807, 2.05) is 0 Å². The molecule has 2 atom stereocenters. The average Bonchev–Trinajstić information content (AvgIpc) is 2.34. The number of rotatable bonds is 3. The van der Waals surface area contributed by atoms with E-state index in [2.05, 4.69) is 34.2 Å². The zero-order valence-corrected chi connectivity index (χ0v) is 10.6. The minimum Gasteiger partial charge on any atom is -0.477 e. The van der Waals surface area contributed by atoms with Gasteiger partial charge in [-0.25, -0.2) is 14.8 Å². The van der Waals surface area contributed by atoms with Crippen LogP contribution in [-0.4, -0.2) is 51.6 Å². The molecule has 2 N–H and O–H groups in total. The van der Waals surface area contributed by atoms with E-state index in [1.54, 1.807) is 0 Å². The molecule has 98 valence electrons. The third-order valence-electron chi connectivity index (χ3n) is 3.42. The maximum atomic E-state index is 10.8. The quantitative estimate of drug-likeness (QED) is 0.835. The van der Waals surface area contributed by atoms with E-state index in [0.717, 1.165) is 19.4 Å². The minimum atomic E-state index is -1.03. The summed E-state index contributed by atoms with van der Waals surface area (Å²) in [5, 5.41) is 12.1. The Morgan fingerprint density at radius 1 is 1.61 bits per heavy atom. The number of carbonyl (C=O) groups is 1. The second-order valence-corrected chi connectivity index (χ2v) is 4.77. The van der Waals surface area contributed by atoms with E-state index < -0.39 is 5.97 Å². The van der Waals surface area contributed by atoms with Crippen LogP contribution in [-0.2, 0) is 0 Å². The molecule has 1 aliphatic rings. The van der Waals surface area contributed by atoms with Gasteiger partial charge in [-0.3, -0.25) is 0 Å². The van der Waals surface area contributed by atoms with Gasteiger partial charge in [0.2, 0.25) is 5.95 Å². The smallest absolute Gasteiger partial charge is 0.354 e. The van der Waals surface area contributed by atoms with Crippen LogP contribution in [0.25, 0.3) is 0 Å². The number of aromatic nitrogens is 2. The number of anilines is 1. The van der Waals surface area contributed by atoms with Gasteiger partial charge in [-0.15, -0.1) is 0 Å². The third kappa shape index (κ3) is 2.95. The molecule has 1 aromatic rings. The molecule has 2 heterocycles. The van der Waals surface area contributed by atoms with Crippen LogP contribution < -0.4 is 5.32 Å². The molecular formula is C12H18N4O2. The highest BCUT2D eigenvalue weighted by molar-refractivity contribution is 5.85. The number of carboxylic acid groups (broad SMARTS) is 1. The SMILES string of the molecule is CC1CC(Nc2nccc(C(=O)O)n2)CCN1C. The standard InChI is InChI=1S/C12H18N4O2/c1-8-7-9(4-6-16(8)2)14-12-13-5-3-10(15-12)11(17)18/h3,5,8-9H,4,6-7H2,1-2H3,(H,17,18)(H,13,14,15). The lowest BCUT2D eigenvalue weighted by Gasteiger charge is -2.35. The highest BCUT2D eigenvalue weighted by Gasteiger charge is 2.23. The summed E-state index contributed by atoms with van der Waals surface area (Å²) in [6.07, 6.45) is 3.50. The number of nitrogens with one attached hydrogen (secondary N) is 1. The van der Waals surface area contributed by atoms with Crippen LogP contribution in [0.2, 0.25) is 0 Å². The van der Waals surface area contributed by atoms with Crippen molar-refractivity contribution >= 4 is 11.9 Å². The molecule has 6 heteroatoms. The van der Waals surface area contributed by atoms with Crippen molar-refractivity contribution in [3.05, 3.63) is 18.0 Å². The summed E-state index contributed by atoms with van der Waals surface area (Å²) >= 11 is 0. The fraction of sp³-hybridized carbons (Fsp3) is 0.583. The van der Waals surface area contributed by atoms with Crippen LogP contribution in [0.1, 0.15) is 30.3 Å². The molecule has 1 aliphatic heterocycles. The lowest BCUT2D eigenvalue weighted by Crippen LogP contribution is -2.42. The van der Waals surface area contributed by atoms with Gasteiger partial charge in [0.1, 0.15) is 0 Å². The summed E-state index contributed by atoms with van der Waals surface area (Å²) in [6, 6.07) is 2.21. The zero-order chi connectivity index (χ0) is 13.1. The van der Waals surface area contributed by atoms with Gasteiger partial charge in [0, 0.05) is 24.8 Å². The van der Waals surface area contributed by atoms with Crippen molar-refractivity contribution in [3.8, 4) is 0 Å². The van der Waals surface area contributed by atoms with Crippen LogP contribution in [0.3, 0.4) is 0 Å². The molecule has 0 aromatic carbocycles. The van der Waals surface area contributed by atoms with Crippen LogP contribution in [0, 0.1) is 0 Å². The largest absolute Gasteiger partial charge is 0.477 e. The number of hydrogen-bond acceptors (Lipinski definition) is 5. The van der Waals surface area contributed by atoms with Crippen molar-refractivity contribution in [2.24, 2.45) is 0 Å². The van der Waals surface area contributed by atoms with Gasteiger partial charge < -0.3 is 15.3 Å². The molecule has 0 saturated carbocycles. The van der Waals surface area contributed by atoms with E-state index in [4.69, 9.17) is 5.11 Å². The molecule has 2 unspecified atom stereocenters. The number of aromatic carboxylic acids is 1. The monoisotopic (exact) mass is 250 g/mol. The first kappa shape index (κ1) is 12.8. The minimum absolute atomic E-state index is 0.0217. The lowest BCUT2D eigenvalue weighted by molar-refractivity contribution is 0.0690. The molecule has 18 heavy (non-hydrogen) atoms. The molecule has 0 bridgehead atoms. The van der Waals surface area contributed by atoms with Crippen molar-refractivity contribution in [2.45, 2.75) is 31.8 Å². The van der Waals surface area contributed by atoms with Gasteiger partial charge in [0.05, 0.1) is 0 Å². The Bertz CT molecular complexity index is 438. The number of piperidine rings is 1. The highest BCUT2D eigenvalue weighted by Crippen LogP contribution is 2.18. The van der Waals surface area contributed by atoms with Crippen LogP contribution in [0.4, 0.5) is 5.95 Å². The number of carboxylic acids is 1. The number of nitrogens with zero attached hydrogens (tertiary/aromatic N) is 3. The van der Waals surface area contributed by atoms with E-state index in [1.165, 1.54) is 12.3 Å². The molecule has 0 amide bonds. The second kappa shape index (κ2) is 5.30. The average molecular weight is 250 g/mol. The molecule has 0 spiro atoms. The van der Waals surface area contributed by atoms with Gasteiger partial charge in [0.15, 0.2) is 5.69 Å². The van der Waals surface area contributed by atoms with Crippen molar-refractivity contribution < 1.29 is 9.90 Å². The summed E-state index contributed by atoms with van der Waals surface area (Å²) in [5.74, 6) is -0.631. The summed E-state index contributed by atoms with van der Waals surface area (Å²) in [6.45, 7) is 3.21. The highest BCUT2D eigenvalue weighted by atomic mass is 16.4. The van der Waals surface area contributed by atoms with Crippen molar-refractivity contribution in [1.82, 2.24) is 14.9 Å². The van der Waals surface area contributed by atoms with Gasteiger partial charge in [-0.2, -0.15) is 0 Å². The van der Waals surface area contributed by atoms with E-state index in [-0.39, 0.29) is 5.69 Å². The first-order valence-corrected chi connectivity index (χ1v) is 6.09. The van der Waals surface area contributed by atoms with Crippen LogP contribution in [0.5, 0.6) is 0 Å². The summed E-state index contributed by atoms with van der Waals surface area (Å²) in [5.41, 5.74) is 0.0217. The predicted octanol–water partition coefficient (Wildman–Crippen LogP) is 1.07. The third-order valence-corrected chi connectivity index (χ3v) is 3.42. The molecule has 6 nitrogen and oxygen atoms in total. The predicted molar refractivity (Wildman–Crippen MR) is 67.7 cm³/mol. The van der Waals surface area contributed by atoms with Gasteiger partial charge >= 0.3 is 5.97 Å². The van der Waals surface area contributed by atoms with Crippen LogP contribution in [0.15, 0.2) is 12.3 Å². The summed E-state index contributed by atoms with van der Waals surface area (Å²) in [4.78, 5) is 21.2. The van der Waals surface area contributed by atoms with Crippen molar-refractivity contribution in [2.75, 3.05) is 18.9 Å². The first-order valence-electron chi connectivity index (χ1n) is 6.09. The Kier molecular flexibility index (Phi) is 3.76. The van der Waals surface area contributed by atoms with Gasteiger partial charge in [-0.1, -0.05) is 0 Å². The molecule has 1 saturated heterocycles. The molecule has 1 fully saturated rings.